The quantitative estimate of drug-likeness (QED) is 0.132. The minimum absolute atomic E-state index is 0.00750. The fourth-order valence-electron chi connectivity index (χ4n) is 4.75. The average Bonchev–Trinajstić information content (AvgIpc) is 3.24. The van der Waals surface area contributed by atoms with Crippen molar-refractivity contribution in [2.75, 3.05) is 52.5 Å². The van der Waals surface area contributed by atoms with Gasteiger partial charge in [-0.1, -0.05) is 41.5 Å². The van der Waals surface area contributed by atoms with Crippen LogP contribution in [0.4, 0.5) is 0 Å². The molecule has 0 aromatic carbocycles. The van der Waals surface area contributed by atoms with Crippen molar-refractivity contribution in [3.63, 3.8) is 0 Å². The zero-order chi connectivity index (χ0) is 35.5. The van der Waals surface area contributed by atoms with Crippen molar-refractivity contribution in [3.8, 4) is 0 Å². The molecule has 1 heterocycles. The van der Waals surface area contributed by atoms with E-state index < -0.39 is 24.6 Å². The van der Waals surface area contributed by atoms with Gasteiger partial charge in [-0.05, 0) is 82.8 Å². The molecule has 1 aliphatic heterocycles. The zero-order valence-corrected chi connectivity index (χ0v) is 29.1. The number of hydrogen-bond acceptors (Lipinski definition) is 12. The van der Waals surface area contributed by atoms with Crippen LogP contribution in [0, 0.1) is 16.2 Å². The predicted octanol–water partition coefficient (Wildman–Crippen LogP) is 3.05. The van der Waals surface area contributed by atoms with Crippen molar-refractivity contribution in [2.45, 2.75) is 112 Å². The molecule has 0 aromatic rings. The van der Waals surface area contributed by atoms with Gasteiger partial charge < -0.3 is 36.4 Å². The first-order valence-electron chi connectivity index (χ1n) is 15.9. The van der Waals surface area contributed by atoms with Crippen molar-refractivity contribution in [3.05, 3.63) is 0 Å². The second kappa shape index (κ2) is 26.7. The molecule has 1 saturated carbocycles. The summed E-state index contributed by atoms with van der Waals surface area (Å²) in [5, 5.41) is 25.1. The molecule has 3 atom stereocenters. The maximum Gasteiger partial charge on any atom is 0.314 e. The molecular weight excluding hydrogens is 582 g/mol. The van der Waals surface area contributed by atoms with Crippen LogP contribution in [0.25, 0.3) is 0 Å². The van der Waals surface area contributed by atoms with Crippen LogP contribution in [-0.4, -0.2) is 109 Å². The van der Waals surface area contributed by atoms with Crippen LogP contribution in [0.15, 0.2) is 9.98 Å². The van der Waals surface area contributed by atoms with E-state index in [1.54, 1.807) is 12.2 Å². The Morgan fingerprint density at radius 2 is 1.60 bits per heavy atom. The lowest BCUT2D eigenvalue weighted by atomic mass is 9.63. The first-order valence-corrected chi connectivity index (χ1v) is 15.9. The Morgan fingerprint density at radius 3 is 1.96 bits per heavy atom. The van der Waals surface area contributed by atoms with Crippen LogP contribution in [0.3, 0.4) is 0 Å². The molecule has 0 spiro atoms. The van der Waals surface area contributed by atoms with Gasteiger partial charge in [-0.15, -0.1) is 0 Å². The minimum atomic E-state index is -1.39. The highest BCUT2D eigenvalue weighted by molar-refractivity contribution is 5.74. The molecule has 0 bridgehead atoms. The molecule has 0 amide bonds. The zero-order valence-electron chi connectivity index (χ0n) is 29.1. The Morgan fingerprint density at radius 1 is 1.07 bits per heavy atom. The maximum atomic E-state index is 10.5. The first kappa shape index (κ1) is 46.9. The number of aliphatic imine (C=N–C) groups is 2. The fraction of sp³-hybridized carbons (Fsp3) is 0.875. The lowest BCUT2D eigenvalue weighted by molar-refractivity contribution is -0.153. The van der Waals surface area contributed by atoms with Gasteiger partial charge in [0.25, 0.3) is 0 Å². The Hall–Kier alpha value is -2.50. The molecule has 3 unspecified atom stereocenters. The number of nitrogens with zero attached hydrogens (tertiary/aromatic N) is 3. The molecule has 1 aliphatic carbocycles. The molecule has 2 fully saturated rings. The lowest BCUT2D eigenvalue weighted by Crippen LogP contribution is -2.39. The lowest BCUT2D eigenvalue weighted by Gasteiger charge is -2.44. The standard InChI is InChI=1S/C12H18N2O2.C6H15N.C6H10O2.C5H10O4.C3H10N2/c1-11(2)4-10(14-9-16)5-12(3,6-11)7-13-8-15;1-4-7(5-2)6-3;7-6-4-2-1-3-5-8-6;1-5(2-6,3-7)4(8)9;1-3(5)2-4/h10H,4-7H2,1-3H3;4-6H2,1-3H3;1-5H2;6-7H,2-3H2,1H3,(H,8,9);3H,2,4-5H2,1H3. The number of carbonyl (C=O) groups excluding carboxylic acids is 3. The summed E-state index contributed by atoms with van der Waals surface area (Å²) in [5.41, 5.74) is 8.88. The first-order chi connectivity index (χ1) is 21.0. The molecule has 2 aliphatic rings. The number of cyclic esters (lactones) is 1. The van der Waals surface area contributed by atoms with Crippen LogP contribution >= 0.6 is 0 Å². The highest BCUT2D eigenvalue weighted by Crippen LogP contribution is 2.47. The monoisotopic (exact) mass is 645 g/mol. The van der Waals surface area contributed by atoms with E-state index in [-0.39, 0.29) is 28.9 Å². The number of carbonyl (C=O) groups is 2. The number of ether oxygens (including phenoxy) is 1. The van der Waals surface area contributed by atoms with Crippen molar-refractivity contribution < 1.29 is 39.2 Å². The molecular formula is C32H63N5O8. The number of hydrogen-bond donors (Lipinski definition) is 5. The summed E-state index contributed by atoms with van der Waals surface area (Å²) in [4.78, 5) is 51.0. The number of aliphatic carboxylic acids is 1. The van der Waals surface area contributed by atoms with Crippen molar-refractivity contribution in [1.29, 1.82) is 0 Å². The molecule has 0 aromatic heterocycles. The number of nitrogens with two attached hydrogens (primary N) is 2. The van der Waals surface area contributed by atoms with Crippen LogP contribution in [0.5, 0.6) is 0 Å². The van der Waals surface area contributed by atoms with E-state index in [1.807, 2.05) is 6.92 Å². The van der Waals surface area contributed by atoms with E-state index in [9.17, 15) is 19.2 Å². The molecule has 1 saturated heterocycles. The van der Waals surface area contributed by atoms with E-state index in [1.165, 1.54) is 26.6 Å². The van der Waals surface area contributed by atoms with Gasteiger partial charge in [-0.2, -0.15) is 0 Å². The molecule has 2 rings (SSSR count). The van der Waals surface area contributed by atoms with Gasteiger partial charge in [-0.25, -0.2) is 19.6 Å². The number of isocyanates is 2. The third-order valence-electron chi connectivity index (χ3n) is 7.40. The summed E-state index contributed by atoms with van der Waals surface area (Å²) in [6.07, 6.45) is 9.71. The second-order valence-corrected chi connectivity index (χ2v) is 12.9. The van der Waals surface area contributed by atoms with Crippen molar-refractivity contribution in [1.82, 2.24) is 4.90 Å². The van der Waals surface area contributed by atoms with Crippen LogP contribution in [0.1, 0.15) is 100 Å². The summed E-state index contributed by atoms with van der Waals surface area (Å²) in [6, 6.07) is 0.170. The molecule has 264 valence electrons. The summed E-state index contributed by atoms with van der Waals surface area (Å²) in [7, 11) is 0. The summed E-state index contributed by atoms with van der Waals surface area (Å²) < 4.78 is 4.76. The van der Waals surface area contributed by atoms with Crippen molar-refractivity contribution >= 4 is 24.1 Å². The van der Waals surface area contributed by atoms with E-state index in [4.69, 9.17) is 31.5 Å². The summed E-state index contributed by atoms with van der Waals surface area (Å²) >= 11 is 0. The normalized spacial score (nSPS) is 20.9. The number of aliphatic hydroxyl groups excluding tert-OH is 2. The van der Waals surface area contributed by atoms with Gasteiger partial charge in [0, 0.05) is 19.0 Å². The molecule has 45 heavy (non-hydrogen) atoms. The number of rotatable bonds is 10. The number of aliphatic hydroxyl groups is 2. The Kier molecular flexibility index (Phi) is 27.8. The van der Waals surface area contributed by atoms with Gasteiger partial charge in [0.15, 0.2) is 0 Å². The minimum Gasteiger partial charge on any atom is -0.481 e. The number of carboxylic acids is 1. The topological polar surface area (TPSA) is 218 Å². The van der Waals surface area contributed by atoms with Gasteiger partial charge in [0.1, 0.15) is 5.41 Å². The Labute approximate surface area is 270 Å². The molecule has 7 N–H and O–H groups in total. The Bertz CT molecular complexity index is 865. The highest BCUT2D eigenvalue weighted by atomic mass is 16.5. The van der Waals surface area contributed by atoms with Crippen LogP contribution in [-0.2, 0) is 23.9 Å². The highest BCUT2D eigenvalue weighted by Gasteiger charge is 2.41. The average molecular weight is 646 g/mol. The Balaban J connectivity index is -0.000000524. The van der Waals surface area contributed by atoms with Crippen molar-refractivity contribution in [2.24, 2.45) is 37.7 Å². The van der Waals surface area contributed by atoms with Gasteiger partial charge >= 0.3 is 11.9 Å². The second-order valence-electron chi connectivity index (χ2n) is 12.9. The smallest absolute Gasteiger partial charge is 0.314 e. The molecule has 13 nitrogen and oxygen atoms in total. The number of esters is 1. The van der Waals surface area contributed by atoms with Gasteiger partial charge in [0.05, 0.1) is 32.4 Å². The van der Waals surface area contributed by atoms with Gasteiger partial charge in [0.2, 0.25) is 12.2 Å². The molecule has 0 radical (unpaired) electrons. The summed E-state index contributed by atoms with van der Waals surface area (Å²) in [6.45, 7) is 20.3. The third kappa shape index (κ3) is 25.4. The third-order valence-corrected chi connectivity index (χ3v) is 7.40. The predicted molar refractivity (Wildman–Crippen MR) is 176 cm³/mol. The van der Waals surface area contributed by atoms with E-state index >= 15 is 0 Å². The fourth-order valence-corrected chi connectivity index (χ4v) is 4.75. The number of carboxylic acid groups (broad SMARTS) is 1. The SMILES string of the molecule is CC(CO)(CO)C(=O)O.CC(N)CN.CC1(C)CC(N=C=O)CC(C)(CN=C=O)C1.CCN(CC)CC.O=C1CCCCCO1. The maximum absolute atomic E-state index is 10.5. The van der Waals surface area contributed by atoms with Crippen LogP contribution < -0.4 is 11.5 Å². The van der Waals surface area contributed by atoms with E-state index in [0.29, 0.717) is 26.1 Å². The van der Waals surface area contributed by atoms with E-state index in [0.717, 1.165) is 38.5 Å². The van der Waals surface area contributed by atoms with Crippen LogP contribution in [0.2, 0.25) is 0 Å². The van der Waals surface area contributed by atoms with E-state index in [2.05, 4.69) is 56.4 Å². The largest absolute Gasteiger partial charge is 0.481 e. The molecule has 13 heteroatoms. The summed E-state index contributed by atoms with van der Waals surface area (Å²) in [5.74, 6) is -1.21. The van der Waals surface area contributed by atoms with Gasteiger partial charge in [-0.3, -0.25) is 9.59 Å².